The van der Waals surface area contributed by atoms with Crippen molar-refractivity contribution in [3.05, 3.63) is 105 Å². The number of anilines is 3. The van der Waals surface area contributed by atoms with Crippen molar-refractivity contribution >= 4 is 51.2 Å². The number of likely N-dealkylation sites (tertiary alicyclic amines) is 1. The van der Waals surface area contributed by atoms with Crippen LogP contribution < -0.4 is 21.6 Å². The molecule has 4 N–H and O–H groups in total. The summed E-state index contributed by atoms with van der Waals surface area (Å²) in [5, 5.41) is 19.7. The summed E-state index contributed by atoms with van der Waals surface area (Å²) in [6.45, 7) is 3.17. The van der Waals surface area contributed by atoms with E-state index in [1.807, 2.05) is 30.4 Å². The van der Waals surface area contributed by atoms with Gasteiger partial charge in [-0.3, -0.25) is 14.9 Å². The van der Waals surface area contributed by atoms with E-state index in [0.29, 0.717) is 32.9 Å². The lowest BCUT2D eigenvalue weighted by Gasteiger charge is -2.23. The van der Waals surface area contributed by atoms with Crippen molar-refractivity contribution in [1.29, 1.82) is 5.26 Å². The first-order valence-corrected chi connectivity index (χ1v) is 14.4. The molecule has 8 nitrogen and oxygen atoms in total. The van der Waals surface area contributed by atoms with E-state index in [9.17, 15) is 9.65 Å². The molecule has 1 aromatic heterocycles. The highest BCUT2D eigenvalue weighted by atomic mass is 35.5. The van der Waals surface area contributed by atoms with Crippen LogP contribution in [-0.4, -0.2) is 35.0 Å². The molecular formula is C31H29Cl2FN8. The van der Waals surface area contributed by atoms with Crippen LogP contribution in [0.1, 0.15) is 35.6 Å². The lowest BCUT2D eigenvalue weighted by molar-refractivity contribution is 0.326. The highest BCUT2D eigenvalue weighted by Gasteiger charge is 2.23. The molecule has 0 amide bonds. The van der Waals surface area contributed by atoms with Gasteiger partial charge in [-0.15, -0.1) is 5.53 Å². The van der Waals surface area contributed by atoms with E-state index < -0.39 is 5.82 Å². The van der Waals surface area contributed by atoms with Crippen LogP contribution >= 0.6 is 23.2 Å². The molecule has 3 heterocycles. The lowest BCUT2D eigenvalue weighted by Crippen LogP contribution is -2.35. The van der Waals surface area contributed by atoms with Gasteiger partial charge in [-0.2, -0.15) is 5.26 Å². The van der Waals surface area contributed by atoms with Gasteiger partial charge in [0.15, 0.2) is 0 Å². The molecule has 0 radical (unpaired) electrons. The van der Waals surface area contributed by atoms with Crippen LogP contribution in [0.5, 0.6) is 0 Å². The maximum Gasteiger partial charge on any atom is 0.141 e. The molecule has 6 rings (SSSR count). The number of nitrogens with zero attached hydrogens (tertiary/aromatic N) is 4. The van der Waals surface area contributed by atoms with E-state index in [0.717, 1.165) is 36.6 Å². The number of rotatable bonds is 8. The van der Waals surface area contributed by atoms with Crippen molar-refractivity contribution in [2.45, 2.75) is 25.4 Å². The minimum Gasteiger partial charge on any atom is -0.373 e. The predicted octanol–water partition coefficient (Wildman–Crippen LogP) is 6.84. The molecule has 1 atom stereocenters. The number of nitrogens with one attached hydrogen (secondary N) is 4. The minimum absolute atomic E-state index is 0.0250. The van der Waals surface area contributed by atoms with E-state index in [1.54, 1.807) is 6.07 Å². The van der Waals surface area contributed by atoms with Crippen LogP contribution in [0.25, 0.3) is 10.9 Å². The van der Waals surface area contributed by atoms with Gasteiger partial charge in [0, 0.05) is 42.8 Å². The molecule has 2 aliphatic rings. The van der Waals surface area contributed by atoms with E-state index in [-0.39, 0.29) is 11.1 Å². The molecule has 11 heteroatoms. The summed E-state index contributed by atoms with van der Waals surface area (Å²) in [6, 6.07) is 18.6. The van der Waals surface area contributed by atoms with Crippen LogP contribution in [0.3, 0.4) is 0 Å². The first-order valence-electron chi connectivity index (χ1n) is 13.7. The number of fused-ring (bicyclic) bond motifs is 1. The standard InChI is InChI=1S/C31H29Cl2FN8/c1-41-18-28(39-40-41)30(20-6-4-5-19(11-20)17-42-9-2-3-10-42)38-23-12-24-29(37-22-7-8-27(34)25(32)13-22)21(15-35)16-36-31(24)26(33)14-23/h4-8,11-14,16,18,30,38-40H,2-3,9-10,17H2,1H3,(H,36,37)/t30-/m0/s1. The number of nitriles is 1. The lowest BCUT2D eigenvalue weighted by atomic mass is 10.0. The maximum absolute atomic E-state index is 13.8. The Hall–Kier alpha value is -4.07. The quantitative estimate of drug-likeness (QED) is 0.174. The van der Waals surface area contributed by atoms with E-state index in [1.165, 1.54) is 36.7 Å². The molecule has 4 aromatic rings. The Kier molecular flexibility index (Phi) is 8.05. The Labute approximate surface area is 253 Å². The van der Waals surface area contributed by atoms with Crippen LogP contribution in [-0.2, 0) is 6.54 Å². The number of pyridine rings is 1. The minimum atomic E-state index is -0.526. The van der Waals surface area contributed by atoms with Gasteiger partial charge in [-0.05, 0) is 67.4 Å². The van der Waals surface area contributed by atoms with Crippen molar-refractivity contribution in [2.24, 2.45) is 0 Å². The molecular weight excluding hydrogens is 574 g/mol. The molecule has 214 valence electrons. The largest absolute Gasteiger partial charge is 0.373 e. The fraction of sp³-hybridized carbons (Fsp3) is 0.226. The van der Waals surface area contributed by atoms with Crippen LogP contribution in [0, 0.1) is 17.1 Å². The Balaban J connectivity index is 1.39. The van der Waals surface area contributed by atoms with E-state index in [4.69, 9.17) is 23.2 Å². The van der Waals surface area contributed by atoms with Crippen LogP contribution in [0.4, 0.5) is 21.5 Å². The second-order valence-corrected chi connectivity index (χ2v) is 11.3. The summed E-state index contributed by atoms with van der Waals surface area (Å²) >= 11 is 12.8. The number of benzene rings is 3. The van der Waals surface area contributed by atoms with E-state index >= 15 is 0 Å². The number of hydrogen-bond donors (Lipinski definition) is 4. The summed E-state index contributed by atoms with van der Waals surface area (Å²) in [6.07, 6.45) is 5.95. The van der Waals surface area contributed by atoms with Crippen LogP contribution in [0.15, 0.2) is 72.7 Å². The molecule has 42 heavy (non-hydrogen) atoms. The predicted molar refractivity (Wildman–Crippen MR) is 166 cm³/mol. The molecule has 0 saturated carbocycles. The number of hydrogen-bond acceptors (Lipinski definition) is 8. The monoisotopic (exact) mass is 602 g/mol. The van der Waals surface area contributed by atoms with Gasteiger partial charge in [0.2, 0.25) is 0 Å². The average molecular weight is 604 g/mol. The molecule has 0 aliphatic carbocycles. The summed E-state index contributed by atoms with van der Waals surface area (Å²) in [4.78, 5) is 6.94. The van der Waals surface area contributed by atoms with Crippen molar-refractivity contribution < 1.29 is 4.39 Å². The van der Waals surface area contributed by atoms with Gasteiger partial charge in [0.25, 0.3) is 0 Å². The third-order valence-electron chi connectivity index (χ3n) is 7.45. The summed E-state index contributed by atoms with van der Waals surface area (Å²) < 4.78 is 13.8. The fourth-order valence-electron chi connectivity index (χ4n) is 5.43. The number of halogens is 3. The third kappa shape index (κ3) is 5.94. The summed E-state index contributed by atoms with van der Waals surface area (Å²) in [5.74, 6) is -0.526. The smallest absolute Gasteiger partial charge is 0.141 e. The van der Waals surface area contributed by atoms with Crippen molar-refractivity contribution in [2.75, 3.05) is 30.8 Å². The zero-order valence-electron chi connectivity index (χ0n) is 22.9. The van der Waals surface area contributed by atoms with E-state index in [2.05, 4.69) is 61.8 Å². The van der Waals surface area contributed by atoms with Gasteiger partial charge < -0.3 is 16.1 Å². The molecule has 2 aliphatic heterocycles. The van der Waals surface area contributed by atoms with Gasteiger partial charge in [0.1, 0.15) is 11.9 Å². The highest BCUT2D eigenvalue weighted by molar-refractivity contribution is 6.36. The van der Waals surface area contributed by atoms with Gasteiger partial charge >= 0.3 is 0 Å². The third-order valence-corrected chi connectivity index (χ3v) is 8.03. The first kappa shape index (κ1) is 28.1. The van der Waals surface area contributed by atoms with Gasteiger partial charge in [0.05, 0.1) is 38.6 Å². The van der Waals surface area contributed by atoms with Crippen LogP contribution in [0.2, 0.25) is 10.0 Å². The molecule has 1 fully saturated rings. The number of aromatic nitrogens is 1. The Morgan fingerprint density at radius 2 is 1.88 bits per heavy atom. The van der Waals surface area contributed by atoms with Gasteiger partial charge in [-0.25, -0.2) is 4.39 Å². The Morgan fingerprint density at radius 1 is 1.07 bits per heavy atom. The Bertz CT molecular complexity index is 1710. The van der Waals surface area contributed by atoms with Gasteiger partial charge in [-0.1, -0.05) is 47.5 Å². The maximum atomic E-state index is 13.8. The summed E-state index contributed by atoms with van der Waals surface area (Å²) in [5.41, 5.74) is 12.2. The second-order valence-electron chi connectivity index (χ2n) is 10.5. The first-order chi connectivity index (χ1) is 20.4. The average Bonchev–Trinajstić information content (AvgIpc) is 3.66. The number of hydrazine groups is 2. The SMILES string of the molecule is CN1C=C([C@@H](Nc2cc(Cl)c3ncc(C#N)c(Nc4ccc(F)c(Cl)c4)c3c2)c2cccc(CN3CCCC3)c2)NN1. The second kappa shape index (κ2) is 12.0. The molecule has 3 aromatic carbocycles. The zero-order chi connectivity index (χ0) is 29.2. The molecule has 0 spiro atoms. The Morgan fingerprint density at radius 3 is 2.62 bits per heavy atom. The van der Waals surface area contributed by atoms with Crippen molar-refractivity contribution in [3.8, 4) is 6.07 Å². The normalized spacial score (nSPS) is 15.8. The van der Waals surface area contributed by atoms with Crippen molar-refractivity contribution in [1.82, 2.24) is 25.9 Å². The highest BCUT2D eigenvalue weighted by Crippen LogP contribution is 2.37. The topological polar surface area (TPSA) is 91.3 Å². The summed E-state index contributed by atoms with van der Waals surface area (Å²) in [7, 11) is 1.92. The molecule has 0 unspecified atom stereocenters. The molecule has 0 bridgehead atoms. The molecule has 1 saturated heterocycles. The van der Waals surface area contributed by atoms with Crippen molar-refractivity contribution in [3.63, 3.8) is 0 Å². The zero-order valence-corrected chi connectivity index (χ0v) is 24.4. The fourth-order valence-corrected chi connectivity index (χ4v) is 5.88.